The van der Waals surface area contributed by atoms with Crippen LogP contribution < -0.4 is 10.5 Å². The molecule has 0 aliphatic heterocycles. The second-order valence-corrected chi connectivity index (χ2v) is 3.09. The number of ether oxygens (including phenoxy) is 1. The molecule has 2 rings (SSSR count). The highest BCUT2D eigenvalue weighted by atomic mass is 16.5. The number of methoxy groups -OCH3 is 1. The first-order chi connectivity index (χ1) is 7.22. The lowest BCUT2D eigenvalue weighted by Gasteiger charge is -2.07. The van der Waals surface area contributed by atoms with Gasteiger partial charge >= 0.3 is 0 Å². The lowest BCUT2D eigenvalue weighted by molar-refractivity contribution is 0.416. The SMILES string of the molecule is COc1cc(N)ccc1-c1nnnn1C. The maximum absolute atomic E-state index is 5.66. The first kappa shape index (κ1) is 9.45. The third kappa shape index (κ3) is 1.61. The summed E-state index contributed by atoms with van der Waals surface area (Å²) < 4.78 is 6.79. The van der Waals surface area contributed by atoms with E-state index in [2.05, 4.69) is 15.5 Å². The number of aryl methyl sites for hydroxylation is 1. The van der Waals surface area contributed by atoms with E-state index in [9.17, 15) is 0 Å². The van der Waals surface area contributed by atoms with E-state index in [1.165, 1.54) is 0 Å². The van der Waals surface area contributed by atoms with Crippen LogP contribution in [0.3, 0.4) is 0 Å². The van der Waals surface area contributed by atoms with Crippen LogP contribution in [-0.4, -0.2) is 27.3 Å². The number of nitrogens with zero attached hydrogens (tertiary/aromatic N) is 4. The topological polar surface area (TPSA) is 78.8 Å². The molecule has 0 aliphatic rings. The predicted octanol–water partition coefficient (Wildman–Crippen LogP) is 0.468. The molecular formula is C9H11N5O. The Labute approximate surface area is 86.7 Å². The Balaban J connectivity index is 2.58. The Morgan fingerprint density at radius 2 is 2.20 bits per heavy atom. The normalized spacial score (nSPS) is 10.3. The van der Waals surface area contributed by atoms with Gasteiger partial charge in [-0.05, 0) is 22.6 Å². The molecule has 0 bridgehead atoms. The number of benzene rings is 1. The van der Waals surface area contributed by atoms with Gasteiger partial charge in [-0.2, -0.15) is 0 Å². The lowest BCUT2D eigenvalue weighted by Crippen LogP contribution is -1.97. The average Bonchev–Trinajstić information content (AvgIpc) is 2.64. The lowest BCUT2D eigenvalue weighted by atomic mass is 10.1. The van der Waals surface area contributed by atoms with Crippen molar-refractivity contribution in [1.29, 1.82) is 0 Å². The highest BCUT2D eigenvalue weighted by Crippen LogP contribution is 2.29. The quantitative estimate of drug-likeness (QED) is 0.721. The van der Waals surface area contributed by atoms with Crippen molar-refractivity contribution in [2.24, 2.45) is 7.05 Å². The van der Waals surface area contributed by atoms with Gasteiger partial charge in [0.25, 0.3) is 0 Å². The molecule has 15 heavy (non-hydrogen) atoms. The van der Waals surface area contributed by atoms with Gasteiger partial charge in [-0.3, -0.25) is 0 Å². The summed E-state index contributed by atoms with van der Waals surface area (Å²) >= 11 is 0. The van der Waals surface area contributed by atoms with Crippen LogP contribution in [0.4, 0.5) is 5.69 Å². The maximum Gasteiger partial charge on any atom is 0.185 e. The van der Waals surface area contributed by atoms with Gasteiger partial charge in [-0.15, -0.1) is 5.10 Å². The molecule has 0 fully saturated rings. The van der Waals surface area contributed by atoms with Crippen molar-refractivity contribution >= 4 is 5.69 Å². The molecule has 6 nitrogen and oxygen atoms in total. The van der Waals surface area contributed by atoms with Gasteiger partial charge in [0.15, 0.2) is 5.82 Å². The van der Waals surface area contributed by atoms with Crippen molar-refractivity contribution in [3.8, 4) is 17.1 Å². The highest BCUT2D eigenvalue weighted by molar-refractivity contribution is 5.67. The van der Waals surface area contributed by atoms with Crippen LogP contribution in [0.5, 0.6) is 5.75 Å². The number of hydrogen-bond donors (Lipinski definition) is 1. The van der Waals surface area contributed by atoms with E-state index in [4.69, 9.17) is 10.5 Å². The van der Waals surface area contributed by atoms with Gasteiger partial charge in [0.05, 0.1) is 12.7 Å². The summed E-state index contributed by atoms with van der Waals surface area (Å²) in [5, 5.41) is 11.2. The van der Waals surface area contributed by atoms with Crippen LogP contribution in [0.15, 0.2) is 18.2 Å². The minimum atomic E-state index is 0.644. The van der Waals surface area contributed by atoms with Gasteiger partial charge in [0.2, 0.25) is 0 Å². The Bertz CT molecular complexity index is 479. The van der Waals surface area contributed by atoms with Crippen molar-refractivity contribution in [3.63, 3.8) is 0 Å². The fourth-order valence-corrected chi connectivity index (χ4v) is 1.35. The molecule has 78 valence electrons. The number of hydrogen-bond acceptors (Lipinski definition) is 5. The molecule has 0 saturated carbocycles. The van der Waals surface area contributed by atoms with Crippen molar-refractivity contribution in [2.75, 3.05) is 12.8 Å². The largest absolute Gasteiger partial charge is 0.496 e. The number of nitrogen functional groups attached to an aromatic ring is 1. The summed E-state index contributed by atoms with van der Waals surface area (Å²) in [6.07, 6.45) is 0. The van der Waals surface area contributed by atoms with Crippen LogP contribution in [0, 0.1) is 0 Å². The summed E-state index contributed by atoms with van der Waals surface area (Å²) in [5.74, 6) is 1.31. The number of aromatic nitrogens is 4. The first-order valence-electron chi connectivity index (χ1n) is 4.38. The zero-order valence-electron chi connectivity index (χ0n) is 8.51. The highest BCUT2D eigenvalue weighted by Gasteiger charge is 2.11. The second-order valence-electron chi connectivity index (χ2n) is 3.09. The zero-order valence-corrected chi connectivity index (χ0v) is 8.51. The van der Waals surface area contributed by atoms with Gasteiger partial charge in [0.1, 0.15) is 5.75 Å². The molecular weight excluding hydrogens is 194 g/mol. The number of anilines is 1. The average molecular weight is 205 g/mol. The first-order valence-corrected chi connectivity index (χ1v) is 4.38. The summed E-state index contributed by atoms with van der Waals surface area (Å²) in [6, 6.07) is 5.36. The number of tetrazole rings is 1. The third-order valence-electron chi connectivity index (χ3n) is 2.09. The molecule has 6 heteroatoms. The molecule has 0 atom stereocenters. The van der Waals surface area contributed by atoms with E-state index in [0.29, 0.717) is 17.3 Å². The second kappa shape index (κ2) is 3.56. The zero-order chi connectivity index (χ0) is 10.8. The van der Waals surface area contributed by atoms with E-state index >= 15 is 0 Å². The van der Waals surface area contributed by atoms with Gasteiger partial charge in [0, 0.05) is 18.8 Å². The van der Waals surface area contributed by atoms with Crippen molar-refractivity contribution in [1.82, 2.24) is 20.2 Å². The van der Waals surface area contributed by atoms with E-state index < -0.39 is 0 Å². The van der Waals surface area contributed by atoms with Crippen LogP contribution in [0.25, 0.3) is 11.4 Å². The van der Waals surface area contributed by atoms with Crippen LogP contribution >= 0.6 is 0 Å². The van der Waals surface area contributed by atoms with E-state index in [1.807, 2.05) is 6.07 Å². The predicted molar refractivity (Wildman–Crippen MR) is 55.2 cm³/mol. The fraction of sp³-hybridized carbons (Fsp3) is 0.222. The minimum absolute atomic E-state index is 0.644. The summed E-state index contributed by atoms with van der Waals surface area (Å²) in [7, 11) is 3.35. The molecule has 0 unspecified atom stereocenters. The van der Waals surface area contributed by atoms with Crippen LogP contribution in [-0.2, 0) is 7.05 Å². The standard InChI is InChI=1S/C9H11N5O/c1-14-9(11-12-13-14)7-4-3-6(10)5-8(7)15-2/h3-5H,10H2,1-2H3. The summed E-state index contributed by atoms with van der Waals surface area (Å²) in [6.45, 7) is 0. The van der Waals surface area contributed by atoms with Crippen molar-refractivity contribution in [3.05, 3.63) is 18.2 Å². The fourth-order valence-electron chi connectivity index (χ4n) is 1.35. The number of nitrogens with two attached hydrogens (primary N) is 1. The molecule has 0 amide bonds. The molecule has 0 radical (unpaired) electrons. The van der Waals surface area contributed by atoms with E-state index in [0.717, 1.165) is 5.56 Å². The molecule has 1 aromatic heterocycles. The summed E-state index contributed by atoms with van der Waals surface area (Å²) in [5.41, 5.74) is 7.12. The monoisotopic (exact) mass is 205 g/mol. The van der Waals surface area contributed by atoms with Gasteiger partial charge in [-0.1, -0.05) is 0 Å². The summed E-state index contributed by atoms with van der Waals surface area (Å²) in [4.78, 5) is 0. The smallest absolute Gasteiger partial charge is 0.185 e. The Kier molecular flexibility index (Phi) is 2.24. The third-order valence-corrected chi connectivity index (χ3v) is 2.09. The molecule has 1 aromatic carbocycles. The van der Waals surface area contributed by atoms with Gasteiger partial charge < -0.3 is 10.5 Å². The maximum atomic E-state index is 5.66. The Morgan fingerprint density at radius 3 is 2.80 bits per heavy atom. The molecule has 0 saturated heterocycles. The van der Waals surface area contributed by atoms with E-state index in [1.54, 1.807) is 31.0 Å². The Morgan fingerprint density at radius 1 is 1.40 bits per heavy atom. The molecule has 2 N–H and O–H groups in total. The van der Waals surface area contributed by atoms with Crippen molar-refractivity contribution < 1.29 is 4.74 Å². The number of rotatable bonds is 2. The van der Waals surface area contributed by atoms with Crippen LogP contribution in [0.2, 0.25) is 0 Å². The minimum Gasteiger partial charge on any atom is -0.496 e. The Hall–Kier alpha value is -2.11. The van der Waals surface area contributed by atoms with Gasteiger partial charge in [-0.25, -0.2) is 4.68 Å². The molecule has 2 aromatic rings. The molecule has 0 spiro atoms. The molecule has 1 heterocycles. The van der Waals surface area contributed by atoms with Crippen LogP contribution in [0.1, 0.15) is 0 Å². The van der Waals surface area contributed by atoms with E-state index in [-0.39, 0.29) is 0 Å². The van der Waals surface area contributed by atoms with Crippen molar-refractivity contribution in [2.45, 2.75) is 0 Å². The molecule has 0 aliphatic carbocycles.